The second-order valence-corrected chi connectivity index (χ2v) is 13.3. The van der Waals surface area contributed by atoms with E-state index < -0.39 is 8.56 Å². The van der Waals surface area contributed by atoms with E-state index in [4.69, 9.17) is 8.85 Å². The van der Waals surface area contributed by atoms with Crippen molar-refractivity contribution in [3.63, 3.8) is 0 Å². The van der Waals surface area contributed by atoms with Crippen molar-refractivity contribution in [3.05, 3.63) is 72.8 Å². The minimum atomic E-state index is -2.76. The first kappa shape index (κ1) is 31.5. The van der Waals surface area contributed by atoms with Gasteiger partial charge < -0.3 is 8.85 Å². The number of allylic oxidation sites excluding steroid dienone is 1. The van der Waals surface area contributed by atoms with Crippen molar-refractivity contribution in [2.75, 3.05) is 13.2 Å². The molecule has 0 aliphatic carbocycles. The van der Waals surface area contributed by atoms with E-state index in [0.29, 0.717) is 6.61 Å². The van der Waals surface area contributed by atoms with Crippen molar-refractivity contribution in [2.24, 2.45) is 0 Å². The van der Waals surface area contributed by atoms with Crippen LogP contribution in [0.15, 0.2) is 72.8 Å². The third-order valence-electron chi connectivity index (χ3n) is 7.09. The van der Waals surface area contributed by atoms with Crippen LogP contribution in [0.1, 0.15) is 117 Å². The molecule has 2 aromatic carbocycles. The molecule has 0 amide bonds. The summed E-state index contributed by atoms with van der Waals surface area (Å²) in [4.78, 5) is 0. The Balaban J connectivity index is 1.88. The molecule has 3 heteroatoms. The van der Waals surface area contributed by atoms with Gasteiger partial charge in [0, 0.05) is 13.2 Å². The average molecular weight is 523 g/mol. The Morgan fingerprint density at radius 1 is 0.486 bits per heavy atom. The summed E-state index contributed by atoms with van der Waals surface area (Å²) in [6, 6.07) is 21.4. The molecule has 0 heterocycles. The van der Waals surface area contributed by atoms with E-state index in [9.17, 15) is 0 Å². The third kappa shape index (κ3) is 13.1. The minimum absolute atomic E-state index is 0.695. The lowest BCUT2D eigenvalue weighted by Gasteiger charge is -2.31. The molecule has 37 heavy (non-hydrogen) atoms. The van der Waals surface area contributed by atoms with Gasteiger partial charge in [0.25, 0.3) is 0 Å². The maximum absolute atomic E-state index is 6.81. The van der Waals surface area contributed by atoms with Crippen LogP contribution in [0, 0.1) is 0 Å². The van der Waals surface area contributed by atoms with Crippen molar-refractivity contribution in [1.29, 1.82) is 0 Å². The van der Waals surface area contributed by atoms with Crippen LogP contribution in [0.25, 0.3) is 0 Å². The van der Waals surface area contributed by atoms with Gasteiger partial charge in [0.2, 0.25) is 0 Å². The SMILES string of the molecule is CCCCCCCCCC/C=C/CCO[Si](OCCCCCCCC)(c1ccccc1)c1ccccc1. The van der Waals surface area contributed by atoms with Crippen LogP contribution in [0.3, 0.4) is 0 Å². The lowest BCUT2D eigenvalue weighted by molar-refractivity contribution is 0.190. The van der Waals surface area contributed by atoms with Gasteiger partial charge in [-0.1, -0.05) is 164 Å². The maximum atomic E-state index is 6.81. The summed E-state index contributed by atoms with van der Waals surface area (Å²) in [5, 5.41) is 2.41. The highest BCUT2D eigenvalue weighted by Crippen LogP contribution is 2.14. The van der Waals surface area contributed by atoms with Crippen LogP contribution in [0.5, 0.6) is 0 Å². The number of hydrogen-bond acceptors (Lipinski definition) is 2. The largest absolute Gasteiger partial charge is 0.407 e. The first-order valence-electron chi connectivity index (χ1n) is 15.4. The van der Waals surface area contributed by atoms with Crippen LogP contribution in [0.4, 0.5) is 0 Å². The first-order valence-corrected chi connectivity index (χ1v) is 17.2. The Morgan fingerprint density at radius 3 is 1.46 bits per heavy atom. The number of hydrogen-bond donors (Lipinski definition) is 0. The van der Waals surface area contributed by atoms with Crippen LogP contribution >= 0.6 is 0 Å². The zero-order chi connectivity index (χ0) is 26.3. The van der Waals surface area contributed by atoms with E-state index in [2.05, 4.69) is 86.7 Å². The van der Waals surface area contributed by atoms with Crippen molar-refractivity contribution in [1.82, 2.24) is 0 Å². The van der Waals surface area contributed by atoms with E-state index in [0.717, 1.165) is 19.4 Å². The average Bonchev–Trinajstić information content (AvgIpc) is 2.95. The highest BCUT2D eigenvalue weighted by atomic mass is 28.4. The fourth-order valence-electron chi connectivity index (χ4n) is 4.86. The van der Waals surface area contributed by atoms with Crippen LogP contribution < -0.4 is 10.4 Å². The molecule has 0 spiro atoms. The molecule has 2 nitrogen and oxygen atoms in total. The van der Waals surface area contributed by atoms with Gasteiger partial charge in [-0.3, -0.25) is 0 Å². The normalized spacial score (nSPS) is 11.9. The van der Waals surface area contributed by atoms with Gasteiger partial charge in [-0.25, -0.2) is 0 Å². The maximum Gasteiger partial charge on any atom is 0.407 e. The molecule has 0 unspecified atom stereocenters. The molecule has 0 saturated heterocycles. The molecule has 0 fully saturated rings. The predicted molar refractivity (Wildman–Crippen MR) is 164 cm³/mol. The summed E-state index contributed by atoms with van der Waals surface area (Å²) in [7, 11) is -2.76. The molecule has 0 aliphatic rings. The zero-order valence-corrected chi connectivity index (χ0v) is 25.0. The summed E-state index contributed by atoms with van der Waals surface area (Å²) >= 11 is 0. The second-order valence-electron chi connectivity index (χ2n) is 10.3. The van der Waals surface area contributed by atoms with E-state index in [-0.39, 0.29) is 0 Å². The number of rotatable bonds is 23. The van der Waals surface area contributed by atoms with E-state index in [1.165, 1.54) is 100 Å². The highest BCUT2D eigenvalue weighted by molar-refractivity contribution is 6.92. The molecule has 206 valence electrons. The van der Waals surface area contributed by atoms with Gasteiger partial charge in [-0.2, -0.15) is 0 Å². The van der Waals surface area contributed by atoms with Crippen molar-refractivity contribution >= 4 is 18.9 Å². The molecule has 0 radical (unpaired) electrons. The molecule has 2 aromatic rings. The molecule has 0 N–H and O–H groups in total. The monoisotopic (exact) mass is 522 g/mol. The molecule has 0 atom stereocenters. The van der Waals surface area contributed by atoms with E-state index >= 15 is 0 Å². The summed E-state index contributed by atoms with van der Waals surface area (Å²) in [6.07, 6.45) is 25.4. The molecule has 0 aromatic heterocycles. The summed E-state index contributed by atoms with van der Waals surface area (Å²) in [5.41, 5.74) is 0. The van der Waals surface area contributed by atoms with Gasteiger partial charge in [-0.15, -0.1) is 0 Å². The predicted octanol–water partition coefficient (Wildman–Crippen LogP) is 9.11. The number of unbranched alkanes of at least 4 members (excludes halogenated alkanes) is 13. The molecule has 0 saturated carbocycles. The van der Waals surface area contributed by atoms with Gasteiger partial charge in [0.15, 0.2) is 0 Å². The zero-order valence-electron chi connectivity index (χ0n) is 24.0. The molecule has 0 aliphatic heterocycles. The fourth-order valence-corrected chi connectivity index (χ4v) is 8.04. The van der Waals surface area contributed by atoms with Gasteiger partial charge in [-0.05, 0) is 36.1 Å². The lowest BCUT2D eigenvalue weighted by Crippen LogP contribution is -2.63. The standard InChI is InChI=1S/C34H54O2Si/c1-3-5-7-9-11-12-13-14-15-16-18-26-32-36-37(33-27-21-19-22-28-33,34-29-23-20-24-30-34)35-31-25-17-10-8-6-4-2/h16,18-24,27-30H,3-15,17,25-26,31-32H2,1-2H3/b18-16+. The minimum Gasteiger partial charge on any atom is -0.388 e. The van der Waals surface area contributed by atoms with E-state index in [1.54, 1.807) is 0 Å². The molecule has 0 bridgehead atoms. The van der Waals surface area contributed by atoms with Crippen LogP contribution in [-0.4, -0.2) is 21.8 Å². The van der Waals surface area contributed by atoms with Crippen molar-refractivity contribution < 1.29 is 8.85 Å². The molecular formula is C34H54O2Si. The highest BCUT2D eigenvalue weighted by Gasteiger charge is 2.42. The Kier molecular flexibility index (Phi) is 18.1. The molecule has 2 rings (SSSR count). The smallest absolute Gasteiger partial charge is 0.388 e. The van der Waals surface area contributed by atoms with Gasteiger partial charge >= 0.3 is 8.56 Å². The van der Waals surface area contributed by atoms with Crippen LogP contribution in [-0.2, 0) is 8.85 Å². The Hall–Kier alpha value is -1.68. The Labute approximate surface area is 230 Å². The summed E-state index contributed by atoms with van der Waals surface area (Å²) in [6.45, 7) is 6.01. The third-order valence-corrected chi connectivity index (χ3v) is 10.5. The van der Waals surface area contributed by atoms with E-state index in [1.807, 2.05) is 0 Å². The topological polar surface area (TPSA) is 18.5 Å². The van der Waals surface area contributed by atoms with Crippen molar-refractivity contribution in [3.8, 4) is 0 Å². The summed E-state index contributed by atoms with van der Waals surface area (Å²) < 4.78 is 13.6. The van der Waals surface area contributed by atoms with Gasteiger partial charge in [0.05, 0.1) is 0 Å². The summed E-state index contributed by atoms with van der Waals surface area (Å²) in [5.74, 6) is 0. The first-order chi connectivity index (χ1) is 18.3. The van der Waals surface area contributed by atoms with Crippen LogP contribution in [0.2, 0.25) is 0 Å². The van der Waals surface area contributed by atoms with Gasteiger partial charge in [0.1, 0.15) is 0 Å². The lowest BCUT2D eigenvalue weighted by atomic mass is 10.1. The Bertz CT molecular complexity index is 750. The second kappa shape index (κ2) is 21.3. The molecular weight excluding hydrogens is 468 g/mol. The van der Waals surface area contributed by atoms with Crippen molar-refractivity contribution in [2.45, 2.75) is 117 Å². The Morgan fingerprint density at radius 2 is 0.919 bits per heavy atom. The quantitative estimate of drug-likeness (QED) is 0.0823. The fraction of sp³-hybridized carbons (Fsp3) is 0.588. The number of benzene rings is 2.